The van der Waals surface area contributed by atoms with Gasteiger partial charge in [0.05, 0.1) is 5.69 Å². The number of imidazole rings is 1. The number of nitrogens with zero attached hydrogens (tertiary/aromatic N) is 3. The van der Waals surface area contributed by atoms with Crippen molar-refractivity contribution in [2.24, 2.45) is 0 Å². The second kappa shape index (κ2) is 8.48. The first-order chi connectivity index (χ1) is 14.2. The Morgan fingerprint density at radius 3 is 2.38 bits per heavy atom. The molecular formula is C25H27N3O. The van der Waals surface area contributed by atoms with E-state index in [1.54, 1.807) is 10.5 Å². The van der Waals surface area contributed by atoms with E-state index in [-0.39, 0.29) is 5.56 Å². The molecule has 2 heterocycles. The number of benzene rings is 2. The zero-order valence-electron chi connectivity index (χ0n) is 17.1. The summed E-state index contributed by atoms with van der Waals surface area (Å²) in [6.07, 6.45) is 6.21. The van der Waals surface area contributed by atoms with E-state index in [1.807, 2.05) is 19.2 Å². The van der Waals surface area contributed by atoms with Crippen molar-refractivity contribution in [2.75, 3.05) is 0 Å². The third kappa shape index (κ3) is 4.16. The molecule has 2 aromatic carbocycles. The number of aromatic nitrogens is 3. The lowest BCUT2D eigenvalue weighted by atomic mass is 10.0. The van der Waals surface area contributed by atoms with Crippen molar-refractivity contribution in [3.8, 4) is 11.3 Å². The lowest BCUT2D eigenvalue weighted by Crippen LogP contribution is -2.18. The summed E-state index contributed by atoms with van der Waals surface area (Å²) < 4.78 is 3.83. The summed E-state index contributed by atoms with van der Waals surface area (Å²) in [5.41, 5.74) is 5.37. The van der Waals surface area contributed by atoms with Crippen LogP contribution in [0.3, 0.4) is 0 Å². The normalized spacial score (nSPS) is 11.2. The molecule has 0 radical (unpaired) electrons. The van der Waals surface area contributed by atoms with Crippen molar-refractivity contribution in [1.29, 1.82) is 0 Å². The van der Waals surface area contributed by atoms with Crippen LogP contribution in [0.1, 0.15) is 43.0 Å². The van der Waals surface area contributed by atoms with Gasteiger partial charge in [-0.1, -0.05) is 74.4 Å². The Hall–Kier alpha value is -3.14. The van der Waals surface area contributed by atoms with Gasteiger partial charge in [-0.05, 0) is 30.9 Å². The molecule has 4 heteroatoms. The van der Waals surface area contributed by atoms with E-state index < -0.39 is 0 Å². The number of hydrogen-bond donors (Lipinski definition) is 0. The Bertz CT molecular complexity index is 1150. The molecule has 2 aromatic heterocycles. The summed E-state index contributed by atoms with van der Waals surface area (Å²) >= 11 is 0. The molecule has 0 bridgehead atoms. The number of unbranched alkanes of at least 4 members (excludes halogenated alkanes) is 2. The first kappa shape index (κ1) is 19.2. The molecule has 0 aliphatic rings. The molecule has 0 fully saturated rings. The fourth-order valence-corrected chi connectivity index (χ4v) is 3.77. The van der Waals surface area contributed by atoms with E-state index >= 15 is 0 Å². The molecule has 0 amide bonds. The molecule has 0 saturated carbocycles. The quantitative estimate of drug-likeness (QED) is 0.408. The lowest BCUT2D eigenvalue weighted by molar-refractivity contribution is 0.590. The average molecular weight is 386 g/mol. The minimum Gasteiger partial charge on any atom is -0.315 e. The molecular weight excluding hydrogens is 358 g/mol. The van der Waals surface area contributed by atoms with E-state index in [2.05, 4.69) is 60.0 Å². The van der Waals surface area contributed by atoms with Crippen LogP contribution in [0, 0.1) is 6.92 Å². The molecule has 0 aliphatic carbocycles. The van der Waals surface area contributed by atoms with Crippen molar-refractivity contribution in [3.63, 3.8) is 0 Å². The molecule has 0 N–H and O–H groups in total. The highest BCUT2D eigenvalue weighted by Crippen LogP contribution is 2.21. The minimum atomic E-state index is -0.0244. The van der Waals surface area contributed by atoms with Gasteiger partial charge >= 0.3 is 0 Å². The third-order valence-electron chi connectivity index (χ3n) is 5.41. The van der Waals surface area contributed by atoms with Gasteiger partial charge in [-0.3, -0.25) is 9.20 Å². The van der Waals surface area contributed by atoms with Gasteiger partial charge in [-0.15, -0.1) is 0 Å². The van der Waals surface area contributed by atoms with Crippen molar-refractivity contribution in [2.45, 2.75) is 46.1 Å². The zero-order valence-corrected chi connectivity index (χ0v) is 17.1. The van der Waals surface area contributed by atoms with Gasteiger partial charge in [0.2, 0.25) is 5.78 Å². The SMILES string of the molecule is CCCCCn1c(C)cc(=O)n2cc(-c3ccc(Cc4ccccc4)cc3)nc12. The van der Waals surface area contributed by atoms with Gasteiger partial charge in [0.1, 0.15) is 0 Å². The predicted molar refractivity (Wildman–Crippen MR) is 118 cm³/mol. The Balaban J connectivity index is 1.64. The predicted octanol–water partition coefficient (Wildman–Crippen LogP) is 5.25. The Morgan fingerprint density at radius 1 is 0.931 bits per heavy atom. The standard InChI is InChI=1S/C25H27N3O/c1-3-4-8-15-27-19(2)16-24(29)28-18-23(26-25(27)28)22-13-11-21(12-14-22)17-20-9-6-5-7-10-20/h5-7,9-14,16,18H,3-4,8,15,17H2,1-2H3. The van der Waals surface area contributed by atoms with E-state index in [1.165, 1.54) is 24.0 Å². The van der Waals surface area contributed by atoms with Gasteiger partial charge in [-0.2, -0.15) is 0 Å². The summed E-state index contributed by atoms with van der Waals surface area (Å²) in [5.74, 6) is 0.731. The van der Waals surface area contributed by atoms with Crippen LogP contribution >= 0.6 is 0 Å². The van der Waals surface area contributed by atoms with Crippen molar-refractivity contribution in [1.82, 2.24) is 14.0 Å². The molecule has 0 atom stereocenters. The summed E-state index contributed by atoms with van der Waals surface area (Å²) in [7, 11) is 0. The second-order valence-electron chi connectivity index (χ2n) is 7.64. The maximum atomic E-state index is 12.5. The topological polar surface area (TPSA) is 39.3 Å². The monoisotopic (exact) mass is 385 g/mol. The summed E-state index contributed by atoms with van der Waals surface area (Å²) in [4.78, 5) is 17.3. The molecule has 0 saturated heterocycles. The number of fused-ring (bicyclic) bond motifs is 1. The van der Waals surface area contributed by atoms with Crippen molar-refractivity contribution < 1.29 is 0 Å². The highest BCUT2D eigenvalue weighted by atomic mass is 16.1. The maximum absolute atomic E-state index is 12.5. The molecule has 148 valence electrons. The summed E-state index contributed by atoms with van der Waals surface area (Å²) in [6.45, 7) is 5.07. The largest absolute Gasteiger partial charge is 0.315 e. The first-order valence-electron chi connectivity index (χ1n) is 10.4. The Labute approximate surface area is 171 Å². The van der Waals surface area contributed by atoms with Crippen LogP contribution in [-0.4, -0.2) is 14.0 Å². The highest BCUT2D eigenvalue weighted by molar-refractivity contribution is 5.62. The van der Waals surface area contributed by atoms with Gasteiger partial charge in [0, 0.05) is 30.1 Å². The summed E-state index contributed by atoms with van der Waals surface area (Å²) in [5, 5.41) is 0. The lowest BCUT2D eigenvalue weighted by Gasteiger charge is -2.11. The van der Waals surface area contributed by atoms with Crippen molar-refractivity contribution >= 4 is 5.78 Å². The maximum Gasteiger partial charge on any atom is 0.259 e. The van der Waals surface area contributed by atoms with E-state index in [9.17, 15) is 4.79 Å². The highest BCUT2D eigenvalue weighted by Gasteiger charge is 2.12. The van der Waals surface area contributed by atoms with E-state index in [4.69, 9.17) is 4.98 Å². The Kier molecular flexibility index (Phi) is 5.61. The average Bonchev–Trinajstić information content (AvgIpc) is 3.18. The minimum absolute atomic E-state index is 0.0244. The smallest absolute Gasteiger partial charge is 0.259 e. The van der Waals surface area contributed by atoms with Crippen LogP contribution in [0.25, 0.3) is 17.0 Å². The molecule has 4 aromatic rings. The van der Waals surface area contributed by atoms with Crippen LogP contribution < -0.4 is 5.56 Å². The zero-order chi connectivity index (χ0) is 20.2. The summed E-state index contributed by atoms with van der Waals surface area (Å²) in [6, 6.07) is 20.6. The van der Waals surface area contributed by atoms with Crippen LogP contribution in [-0.2, 0) is 13.0 Å². The number of hydrogen-bond acceptors (Lipinski definition) is 2. The Morgan fingerprint density at radius 2 is 1.66 bits per heavy atom. The molecule has 4 rings (SSSR count). The van der Waals surface area contributed by atoms with Gasteiger partial charge in [0.15, 0.2) is 0 Å². The molecule has 0 unspecified atom stereocenters. The van der Waals surface area contributed by atoms with E-state index in [0.29, 0.717) is 0 Å². The molecule has 29 heavy (non-hydrogen) atoms. The van der Waals surface area contributed by atoms with Crippen LogP contribution in [0.15, 0.2) is 71.7 Å². The van der Waals surface area contributed by atoms with Crippen LogP contribution in [0.2, 0.25) is 0 Å². The van der Waals surface area contributed by atoms with E-state index in [0.717, 1.165) is 42.1 Å². The molecule has 0 spiro atoms. The fraction of sp³-hybridized carbons (Fsp3) is 0.280. The molecule has 4 nitrogen and oxygen atoms in total. The second-order valence-corrected chi connectivity index (χ2v) is 7.64. The first-order valence-corrected chi connectivity index (χ1v) is 10.4. The number of aryl methyl sites for hydroxylation is 2. The molecule has 0 aliphatic heterocycles. The number of rotatable bonds is 7. The van der Waals surface area contributed by atoms with Gasteiger partial charge < -0.3 is 4.57 Å². The van der Waals surface area contributed by atoms with Crippen LogP contribution in [0.4, 0.5) is 0 Å². The third-order valence-corrected chi connectivity index (χ3v) is 5.41. The fourth-order valence-electron chi connectivity index (χ4n) is 3.77. The van der Waals surface area contributed by atoms with Gasteiger partial charge in [-0.25, -0.2) is 4.98 Å². The van der Waals surface area contributed by atoms with Crippen LogP contribution in [0.5, 0.6) is 0 Å². The van der Waals surface area contributed by atoms with Crippen molar-refractivity contribution in [3.05, 3.63) is 94.0 Å². The van der Waals surface area contributed by atoms with Gasteiger partial charge in [0.25, 0.3) is 5.56 Å².